The molecule has 0 saturated carbocycles. The van der Waals surface area contributed by atoms with Crippen LogP contribution in [0.3, 0.4) is 0 Å². The van der Waals surface area contributed by atoms with E-state index in [4.69, 9.17) is 4.78 Å². The Morgan fingerprint density at radius 2 is 2.31 bits per heavy atom. The van der Waals surface area contributed by atoms with E-state index in [0.29, 0.717) is 11.4 Å². The number of hydrogen-bond acceptors (Lipinski definition) is 4. The predicted octanol–water partition coefficient (Wildman–Crippen LogP) is 2.02. The Bertz CT molecular complexity index is 457. The molecule has 1 aromatic rings. The summed E-state index contributed by atoms with van der Waals surface area (Å²) in [5.74, 6) is -0.261. The number of rotatable bonds is 3. The Balaban J connectivity index is 2.97. The molecule has 0 aliphatic carbocycles. The Hall–Kier alpha value is -1.69. The van der Waals surface area contributed by atoms with Crippen LogP contribution in [0.4, 0.5) is 11.4 Å². The third-order valence-corrected chi connectivity index (χ3v) is 2.07. The van der Waals surface area contributed by atoms with Gasteiger partial charge in [-0.05, 0) is 24.5 Å². The summed E-state index contributed by atoms with van der Waals surface area (Å²) in [5.41, 5.74) is 2.42. The van der Waals surface area contributed by atoms with E-state index >= 15 is 0 Å². The van der Waals surface area contributed by atoms with Crippen LogP contribution in [0, 0.1) is 4.78 Å². The monoisotopic (exact) mass is 239 g/mol. The molecule has 0 saturated heterocycles. The normalized spacial score (nSPS) is 12.6. The van der Waals surface area contributed by atoms with Gasteiger partial charge in [-0.2, -0.15) is 0 Å². The number of benzene rings is 1. The lowest BCUT2D eigenvalue weighted by atomic mass is 10.2. The molecule has 1 unspecified atom stereocenters. The first kappa shape index (κ1) is 12.4. The van der Waals surface area contributed by atoms with E-state index in [-0.39, 0.29) is 11.7 Å². The molecular formula is C10H13N3O2S. The smallest absolute Gasteiger partial charge is 0.221 e. The lowest BCUT2D eigenvalue weighted by Crippen LogP contribution is -2.05. The summed E-state index contributed by atoms with van der Waals surface area (Å²) in [6.45, 7) is 1.36. The molecule has 0 fully saturated rings. The highest BCUT2D eigenvalue weighted by atomic mass is 32.2. The summed E-state index contributed by atoms with van der Waals surface area (Å²) >= 11 is 0. The van der Waals surface area contributed by atoms with Crippen molar-refractivity contribution in [1.29, 1.82) is 4.78 Å². The highest BCUT2D eigenvalue weighted by molar-refractivity contribution is 7.98. The molecule has 0 aliphatic rings. The number of amides is 1. The highest BCUT2D eigenvalue weighted by Gasteiger charge is 2.03. The lowest BCUT2D eigenvalue weighted by molar-refractivity contribution is -0.114. The van der Waals surface area contributed by atoms with Crippen molar-refractivity contribution >= 4 is 33.5 Å². The van der Waals surface area contributed by atoms with Gasteiger partial charge in [-0.3, -0.25) is 9.57 Å². The second-order valence-electron chi connectivity index (χ2n) is 3.17. The number of carbonyl (C=O) groups is 1. The Morgan fingerprint density at radius 3 is 2.88 bits per heavy atom. The van der Waals surface area contributed by atoms with Crippen molar-refractivity contribution in [2.24, 2.45) is 4.99 Å². The van der Waals surface area contributed by atoms with E-state index < -0.39 is 10.7 Å². The summed E-state index contributed by atoms with van der Waals surface area (Å²) in [4.78, 5) is 14.9. The minimum absolute atomic E-state index is 0.00415. The molecule has 0 aromatic heterocycles. The van der Waals surface area contributed by atoms with Crippen molar-refractivity contribution in [3.05, 3.63) is 18.2 Å². The molecule has 6 heteroatoms. The number of carbonyl (C=O) groups excluding carboxylic acids is 1. The molecule has 86 valence electrons. The van der Waals surface area contributed by atoms with Gasteiger partial charge in [0.2, 0.25) is 5.91 Å². The number of anilines is 1. The van der Waals surface area contributed by atoms with Gasteiger partial charge in [-0.25, -0.2) is 4.99 Å². The van der Waals surface area contributed by atoms with Gasteiger partial charge in [0, 0.05) is 6.92 Å². The summed E-state index contributed by atoms with van der Waals surface area (Å²) in [6.07, 6.45) is 1.72. The van der Waals surface area contributed by atoms with Gasteiger partial charge in [0.05, 0.1) is 16.9 Å². The van der Waals surface area contributed by atoms with Crippen LogP contribution in [-0.2, 0) is 15.5 Å². The first-order valence-electron chi connectivity index (χ1n) is 4.50. The number of nitrogens with one attached hydrogen (secondary N) is 2. The van der Waals surface area contributed by atoms with Crippen molar-refractivity contribution in [2.75, 3.05) is 11.6 Å². The fraction of sp³-hybridized carbons (Fsp3) is 0.200. The number of aliphatic imine (C=N–C) groups is 1. The molecule has 1 rings (SSSR count). The molecule has 1 aromatic carbocycles. The van der Waals surface area contributed by atoms with Crippen LogP contribution in [0.15, 0.2) is 23.2 Å². The number of phenols is 1. The van der Waals surface area contributed by atoms with Crippen molar-refractivity contribution < 1.29 is 9.90 Å². The molecule has 16 heavy (non-hydrogen) atoms. The zero-order chi connectivity index (χ0) is 12.1. The molecule has 0 bridgehead atoms. The van der Waals surface area contributed by atoms with E-state index in [2.05, 4.69) is 10.3 Å². The van der Waals surface area contributed by atoms with E-state index in [1.807, 2.05) is 0 Å². The van der Waals surface area contributed by atoms with Gasteiger partial charge >= 0.3 is 0 Å². The maximum Gasteiger partial charge on any atom is 0.221 e. The van der Waals surface area contributed by atoms with Crippen LogP contribution in [0.5, 0.6) is 5.75 Å². The molecule has 0 radical (unpaired) electrons. The van der Waals surface area contributed by atoms with Crippen LogP contribution >= 0.6 is 0 Å². The first-order valence-corrected chi connectivity index (χ1v) is 6.19. The van der Waals surface area contributed by atoms with Gasteiger partial charge in [0.1, 0.15) is 5.75 Å². The maximum atomic E-state index is 10.9. The van der Waals surface area contributed by atoms with Gasteiger partial charge in [-0.15, -0.1) is 0 Å². The molecule has 0 spiro atoms. The van der Waals surface area contributed by atoms with Crippen LogP contribution in [-0.4, -0.2) is 22.8 Å². The molecule has 0 aliphatic heterocycles. The SMILES string of the molecule is CC(=O)Nc1cc(N=CS(C)=N)ccc1O. The van der Waals surface area contributed by atoms with Crippen molar-refractivity contribution in [1.82, 2.24) is 0 Å². The molecule has 0 heterocycles. The second kappa shape index (κ2) is 5.41. The molecule has 1 atom stereocenters. The van der Waals surface area contributed by atoms with Crippen molar-refractivity contribution in [2.45, 2.75) is 6.92 Å². The van der Waals surface area contributed by atoms with Gasteiger partial charge in [0.15, 0.2) is 0 Å². The minimum Gasteiger partial charge on any atom is -0.506 e. The Labute approximate surface area is 96.1 Å². The number of phenolic OH excluding ortho intramolecular Hbond substituents is 1. The quantitative estimate of drug-likeness (QED) is 0.428. The summed E-state index contributed by atoms with van der Waals surface area (Å²) in [5, 5.41) is 12.0. The lowest BCUT2D eigenvalue weighted by Gasteiger charge is -2.05. The minimum atomic E-state index is -0.630. The summed E-state index contributed by atoms with van der Waals surface area (Å²) < 4.78 is 7.30. The number of hydrogen-bond donors (Lipinski definition) is 3. The summed E-state index contributed by atoms with van der Waals surface area (Å²) in [6, 6.07) is 4.62. The standard InChI is InChI=1S/C10H13N3O2S/c1-7(14)13-9-5-8(3-4-10(9)15)12-6-16(2)11/h3-6,11,15H,1-2H3,(H,13,14). The third kappa shape index (κ3) is 3.82. The van der Waals surface area contributed by atoms with Gasteiger partial charge in [-0.1, -0.05) is 10.7 Å². The Morgan fingerprint density at radius 1 is 1.62 bits per heavy atom. The summed E-state index contributed by atoms with van der Waals surface area (Å²) in [7, 11) is -0.630. The molecule has 1 amide bonds. The van der Waals surface area contributed by atoms with Gasteiger partial charge in [0.25, 0.3) is 0 Å². The Kier molecular flexibility index (Phi) is 4.19. The van der Waals surface area contributed by atoms with E-state index in [9.17, 15) is 9.90 Å². The molecule has 5 nitrogen and oxygen atoms in total. The first-order chi connectivity index (χ1) is 7.49. The number of nitrogens with zero attached hydrogens (tertiary/aromatic N) is 1. The largest absolute Gasteiger partial charge is 0.506 e. The van der Waals surface area contributed by atoms with Crippen LogP contribution in [0.1, 0.15) is 6.92 Å². The predicted molar refractivity (Wildman–Crippen MR) is 66.6 cm³/mol. The van der Waals surface area contributed by atoms with Crippen LogP contribution in [0.25, 0.3) is 0 Å². The fourth-order valence-corrected chi connectivity index (χ4v) is 1.31. The fourth-order valence-electron chi connectivity index (χ4n) is 1.03. The third-order valence-electron chi connectivity index (χ3n) is 1.65. The molecule has 3 N–H and O–H groups in total. The number of aromatic hydroxyl groups is 1. The zero-order valence-electron chi connectivity index (χ0n) is 9.02. The van der Waals surface area contributed by atoms with E-state index in [0.717, 1.165) is 0 Å². The highest BCUT2D eigenvalue weighted by Crippen LogP contribution is 2.27. The maximum absolute atomic E-state index is 10.9. The van der Waals surface area contributed by atoms with Crippen LogP contribution < -0.4 is 5.32 Å². The average Bonchev–Trinajstić information content (AvgIpc) is 2.18. The molecular weight excluding hydrogens is 226 g/mol. The van der Waals surface area contributed by atoms with Crippen molar-refractivity contribution in [3.8, 4) is 5.75 Å². The van der Waals surface area contributed by atoms with Crippen LogP contribution in [0.2, 0.25) is 0 Å². The zero-order valence-corrected chi connectivity index (χ0v) is 9.84. The van der Waals surface area contributed by atoms with Crippen molar-refractivity contribution in [3.63, 3.8) is 0 Å². The topological polar surface area (TPSA) is 85.5 Å². The van der Waals surface area contributed by atoms with E-state index in [1.54, 1.807) is 18.4 Å². The average molecular weight is 239 g/mol. The van der Waals surface area contributed by atoms with Gasteiger partial charge < -0.3 is 10.4 Å². The van der Waals surface area contributed by atoms with E-state index in [1.165, 1.54) is 18.5 Å². The second-order valence-corrected chi connectivity index (χ2v) is 4.50.